The standard InChI is InChI=1S/C13H27NO4/c1-17-7-8-18-10-12(16)9-14-13(11-15)5-3-2-4-6-13/h12,14-16H,2-11H2,1H3. The average molecular weight is 261 g/mol. The van der Waals surface area contributed by atoms with Gasteiger partial charge in [0.15, 0.2) is 0 Å². The van der Waals surface area contributed by atoms with Crippen LogP contribution in [0.4, 0.5) is 0 Å². The Labute approximate surface area is 109 Å². The maximum absolute atomic E-state index is 9.78. The molecule has 1 aliphatic rings. The number of nitrogens with one attached hydrogen (secondary N) is 1. The summed E-state index contributed by atoms with van der Waals surface area (Å²) in [6.07, 6.45) is 4.97. The van der Waals surface area contributed by atoms with Crippen LogP contribution < -0.4 is 5.32 Å². The van der Waals surface area contributed by atoms with Crippen molar-refractivity contribution in [3.63, 3.8) is 0 Å². The van der Waals surface area contributed by atoms with Crippen LogP contribution in [-0.2, 0) is 9.47 Å². The SMILES string of the molecule is COCCOCC(O)CNC1(CO)CCCCC1. The van der Waals surface area contributed by atoms with E-state index in [1.165, 1.54) is 6.42 Å². The molecule has 0 spiro atoms. The van der Waals surface area contributed by atoms with Crippen LogP contribution in [0.25, 0.3) is 0 Å². The van der Waals surface area contributed by atoms with E-state index in [0.29, 0.717) is 26.4 Å². The third kappa shape index (κ3) is 5.63. The van der Waals surface area contributed by atoms with Crippen LogP contribution in [0, 0.1) is 0 Å². The molecule has 3 N–H and O–H groups in total. The fourth-order valence-electron chi connectivity index (χ4n) is 2.37. The van der Waals surface area contributed by atoms with E-state index < -0.39 is 6.10 Å². The molecule has 5 nitrogen and oxygen atoms in total. The Balaban J connectivity index is 2.16. The van der Waals surface area contributed by atoms with Crippen LogP contribution >= 0.6 is 0 Å². The highest BCUT2D eigenvalue weighted by atomic mass is 16.5. The molecule has 1 atom stereocenters. The summed E-state index contributed by atoms with van der Waals surface area (Å²) in [6, 6.07) is 0. The van der Waals surface area contributed by atoms with Gasteiger partial charge in [-0.2, -0.15) is 0 Å². The molecule has 1 saturated carbocycles. The topological polar surface area (TPSA) is 71.0 Å². The average Bonchev–Trinajstić information content (AvgIpc) is 2.42. The summed E-state index contributed by atoms with van der Waals surface area (Å²) in [5.41, 5.74) is -0.189. The number of rotatable bonds is 9. The van der Waals surface area contributed by atoms with E-state index in [1.807, 2.05) is 0 Å². The number of hydrogen-bond acceptors (Lipinski definition) is 5. The fourth-order valence-corrected chi connectivity index (χ4v) is 2.37. The zero-order valence-electron chi connectivity index (χ0n) is 11.4. The van der Waals surface area contributed by atoms with Crippen LogP contribution in [-0.4, -0.2) is 61.9 Å². The van der Waals surface area contributed by atoms with Crippen LogP contribution in [0.15, 0.2) is 0 Å². The number of aliphatic hydroxyl groups excluding tert-OH is 2. The Morgan fingerprint density at radius 1 is 1.22 bits per heavy atom. The van der Waals surface area contributed by atoms with Crippen molar-refractivity contribution in [1.82, 2.24) is 5.32 Å². The van der Waals surface area contributed by atoms with Gasteiger partial charge in [0.1, 0.15) is 0 Å². The molecule has 0 aromatic carbocycles. The van der Waals surface area contributed by atoms with Gasteiger partial charge in [-0.25, -0.2) is 0 Å². The Kier molecular flexibility index (Phi) is 7.77. The second-order valence-electron chi connectivity index (χ2n) is 5.10. The maximum Gasteiger partial charge on any atom is 0.0897 e. The summed E-state index contributed by atoms with van der Waals surface area (Å²) in [7, 11) is 1.62. The minimum absolute atomic E-state index is 0.143. The van der Waals surface area contributed by atoms with Crippen molar-refractivity contribution in [3.8, 4) is 0 Å². The highest BCUT2D eigenvalue weighted by Gasteiger charge is 2.31. The lowest BCUT2D eigenvalue weighted by molar-refractivity contribution is 0.00682. The minimum atomic E-state index is -0.535. The highest BCUT2D eigenvalue weighted by molar-refractivity contribution is 4.90. The fraction of sp³-hybridized carbons (Fsp3) is 1.00. The van der Waals surface area contributed by atoms with Crippen molar-refractivity contribution in [2.75, 3.05) is 40.1 Å². The van der Waals surface area contributed by atoms with E-state index in [0.717, 1.165) is 25.7 Å². The number of β-amino-alcohol motifs (C(OH)–C–C–N with tert-alkyl or cyclic N) is 1. The molecular formula is C13H27NO4. The Hall–Kier alpha value is -0.200. The summed E-state index contributed by atoms with van der Waals surface area (Å²) in [4.78, 5) is 0. The first-order valence-electron chi connectivity index (χ1n) is 6.83. The lowest BCUT2D eigenvalue weighted by Crippen LogP contribution is -2.52. The van der Waals surface area contributed by atoms with Gasteiger partial charge in [0.05, 0.1) is 32.5 Å². The van der Waals surface area contributed by atoms with Crippen LogP contribution in [0.1, 0.15) is 32.1 Å². The quantitative estimate of drug-likeness (QED) is 0.521. The number of hydrogen-bond donors (Lipinski definition) is 3. The second-order valence-corrected chi connectivity index (χ2v) is 5.10. The van der Waals surface area contributed by atoms with Gasteiger partial charge in [0.25, 0.3) is 0 Å². The molecule has 1 aliphatic carbocycles. The molecule has 0 amide bonds. The summed E-state index contributed by atoms with van der Waals surface area (Å²) < 4.78 is 10.1. The zero-order chi connectivity index (χ0) is 13.3. The Morgan fingerprint density at radius 3 is 2.56 bits per heavy atom. The van der Waals surface area contributed by atoms with E-state index >= 15 is 0 Å². The first-order chi connectivity index (χ1) is 8.72. The predicted molar refractivity (Wildman–Crippen MR) is 69.6 cm³/mol. The van der Waals surface area contributed by atoms with Gasteiger partial charge in [0, 0.05) is 19.2 Å². The summed E-state index contributed by atoms with van der Waals surface area (Å²) in [6.45, 7) is 1.95. The number of methoxy groups -OCH3 is 1. The lowest BCUT2D eigenvalue weighted by atomic mass is 9.82. The molecule has 1 fully saturated rings. The third-order valence-electron chi connectivity index (χ3n) is 3.57. The molecular weight excluding hydrogens is 234 g/mol. The van der Waals surface area contributed by atoms with Crippen molar-refractivity contribution in [1.29, 1.82) is 0 Å². The molecule has 5 heteroatoms. The maximum atomic E-state index is 9.78. The van der Waals surface area contributed by atoms with Gasteiger partial charge in [-0.1, -0.05) is 19.3 Å². The predicted octanol–water partition coefficient (Wildman–Crippen LogP) is 0.295. The monoisotopic (exact) mass is 261 g/mol. The van der Waals surface area contributed by atoms with Crippen LogP contribution in [0.3, 0.4) is 0 Å². The van der Waals surface area contributed by atoms with E-state index in [1.54, 1.807) is 7.11 Å². The third-order valence-corrected chi connectivity index (χ3v) is 3.57. The van der Waals surface area contributed by atoms with Gasteiger partial charge >= 0.3 is 0 Å². The van der Waals surface area contributed by atoms with E-state index in [4.69, 9.17) is 9.47 Å². The molecule has 1 rings (SSSR count). The summed E-state index contributed by atoms with van der Waals surface area (Å²) in [5, 5.41) is 22.6. The largest absolute Gasteiger partial charge is 0.394 e. The molecule has 18 heavy (non-hydrogen) atoms. The first-order valence-corrected chi connectivity index (χ1v) is 6.83. The zero-order valence-corrected chi connectivity index (χ0v) is 11.4. The normalized spacial score (nSPS) is 20.8. The molecule has 0 saturated heterocycles. The lowest BCUT2D eigenvalue weighted by Gasteiger charge is -2.37. The van der Waals surface area contributed by atoms with Crippen molar-refractivity contribution >= 4 is 0 Å². The van der Waals surface area contributed by atoms with E-state index in [-0.39, 0.29) is 12.1 Å². The van der Waals surface area contributed by atoms with Crippen molar-refractivity contribution < 1.29 is 19.7 Å². The van der Waals surface area contributed by atoms with Crippen molar-refractivity contribution in [2.24, 2.45) is 0 Å². The summed E-state index contributed by atoms with van der Waals surface area (Å²) >= 11 is 0. The number of ether oxygens (including phenoxy) is 2. The molecule has 0 aromatic heterocycles. The van der Waals surface area contributed by atoms with E-state index in [9.17, 15) is 10.2 Å². The molecule has 0 bridgehead atoms. The van der Waals surface area contributed by atoms with Gasteiger partial charge in [-0.15, -0.1) is 0 Å². The molecule has 108 valence electrons. The number of aliphatic hydroxyl groups is 2. The van der Waals surface area contributed by atoms with Gasteiger partial charge in [0.2, 0.25) is 0 Å². The summed E-state index contributed by atoms with van der Waals surface area (Å²) in [5.74, 6) is 0. The van der Waals surface area contributed by atoms with Crippen LogP contribution in [0.5, 0.6) is 0 Å². The Morgan fingerprint density at radius 2 is 1.94 bits per heavy atom. The van der Waals surface area contributed by atoms with Gasteiger partial charge < -0.3 is 25.0 Å². The minimum Gasteiger partial charge on any atom is -0.394 e. The first kappa shape index (κ1) is 15.9. The van der Waals surface area contributed by atoms with Crippen LogP contribution in [0.2, 0.25) is 0 Å². The van der Waals surface area contributed by atoms with Crippen molar-refractivity contribution in [2.45, 2.75) is 43.7 Å². The van der Waals surface area contributed by atoms with Gasteiger partial charge in [-0.05, 0) is 12.8 Å². The molecule has 0 aromatic rings. The smallest absolute Gasteiger partial charge is 0.0897 e. The van der Waals surface area contributed by atoms with E-state index in [2.05, 4.69) is 5.32 Å². The molecule has 0 heterocycles. The molecule has 0 radical (unpaired) electrons. The molecule has 1 unspecified atom stereocenters. The van der Waals surface area contributed by atoms with Crippen molar-refractivity contribution in [3.05, 3.63) is 0 Å². The van der Waals surface area contributed by atoms with Gasteiger partial charge in [-0.3, -0.25) is 0 Å². The molecule has 0 aliphatic heterocycles. The second kappa shape index (κ2) is 8.82. The highest BCUT2D eigenvalue weighted by Crippen LogP contribution is 2.27. The Bertz CT molecular complexity index is 207.